The normalized spacial score (nSPS) is 12.6. The van der Waals surface area contributed by atoms with E-state index in [-0.39, 0.29) is 11.9 Å². The molecule has 10 nitrogen and oxygen atoms in total. The Kier molecular flexibility index (Phi) is 4.67. The molecule has 3 aromatic rings. The van der Waals surface area contributed by atoms with Crippen molar-refractivity contribution in [2.24, 2.45) is 0 Å². The molecular formula is C19H20N6O4. The van der Waals surface area contributed by atoms with Crippen LogP contribution in [0, 0.1) is 0 Å². The van der Waals surface area contributed by atoms with Crippen LogP contribution in [0.3, 0.4) is 0 Å². The smallest absolute Gasteiger partial charge is 0.272 e. The highest BCUT2D eigenvalue weighted by molar-refractivity contribution is 5.93. The monoisotopic (exact) mass is 396 g/mol. The first kappa shape index (κ1) is 18.5. The van der Waals surface area contributed by atoms with Gasteiger partial charge in [0, 0.05) is 23.9 Å². The number of carbonyl (C=O) groups is 1. The minimum absolute atomic E-state index is 0.187. The highest BCUT2D eigenvalue weighted by Gasteiger charge is 2.27. The van der Waals surface area contributed by atoms with Gasteiger partial charge in [0.1, 0.15) is 5.69 Å². The van der Waals surface area contributed by atoms with E-state index >= 15 is 0 Å². The molecule has 1 aliphatic rings. The molecule has 0 fully saturated rings. The van der Waals surface area contributed by atoms with E-state index < -0.39 is 0 Å². The first-order valence-electron chi connectivity index (χ1n) is 8.79. The summed E-state index contributed by atoms with van der Waals surface area (Å²) < 4.78 is 16.1. The molecule has 0 saturated carbocycles. The largest absolute Gasteiger partial charge is 0.493 e. The second-order valence-electron chi connectivity index (χ2n) is 6.44. The molecule has 0 unspecified atom stereocenters. The van der Waals surface area contributed by atoms with E-state index in [1.807, 2.05) is 0 Å². The molecule has 0 bridgehead atoms. The van der Waals surface area contributed by atoms with Crippen LogP contribution < -0.4 is 19.9 Å². The average molecular weight is 396 g/mol. The summed E-state index contributed by atoms with van der Waals surface area (Å²) >= 11 is 0. The second kappa shape index (κ2) is 7.30. The number of aromatic nitrogens is 4. The lowest BCUT2D eigenvalue weighted by Gasteiger charge is -2.13. The number of rotatable bonds is 5. The maximum absolute atomic E-state index is 12.9. The predicted octanol–water partition coefficient (Wildman–Crippen LogP) is 1.63. The standard InChI is InChI=1S/C19H20N6O4/c1-27-15-4-10(5-16(28-2)17(15)29-3)12-6-13(24-23-12)18(26)25-8-11-7-21-19(20)22-14(11)9-25/h4-7H,8-9H2,1-3H3,(H,23,24)(H2,20,21,22). The van der Waals surface area contributed by atoms with Crippen LogP contribution in [0.2, 0.25) is 0 Å². The number of nitrogens with zero attached hydrogens (tertiary/aromatic N) is 4. The van der Waals surface area contributed by atoms with Crippen LogP contribution in [0.5, 0.6) is 17.2 Å². The lowest BCUT2D eigenvalue weighted by molar-refractivity contribution is 0.0744. The van der Waals surface area contributed by atoms with Crippen LogP contribution >= 0.6 is 0 Å². The van der Waals surface area contributed by atoms with E-state index in [0.29, 0.717) is 41.7 Å². The number of carbonyl (C=O) groups excluding carboxylic acids is 1. The Hall–Kier alpha value is -3.82. The van der Waals surface area contributed by atoms with E-state index in [1.165, 1.54) is 7.11 Å². The summed E-state index contributed by atoms with van der Waals surface area (Å²) in [5.74, 6) is 1.51. The number of methoxy groups -OCH3 is 3. The summed E-state index contributed by atoms with van der Waals surface area (Å²) in [6.45, 7) is 0.798. The number of nitrogens with one attached hydrogen (secondary N) is 1. The van der Waals surface area contributed by atoms with E-state index in [4.69, 9.17) is 19.9 Å². The van der Waals surface area contributed by atoms with Crippen molar-refractivity contribution in [3.05, 3.63) is 41.3 Å². The Morgan fingerprint density at radius 3 is 2.48 bits per heavy atom. The zero-order valence-corrected chi connectivity index (χ0v) is 16.2. The number of benzene rings is 1. The van der Waals surface area contributed by atoms with Gasteiger partial charge in [-0.2, -0.15) is 5.10 Å². The number of hydrogen-bond donors (Lipinski definition) is 2. The minimum Gasteiger partial charge on any atom is -0.493 e. The maximum atomic E-state index is 12.9. The van der Waals surface area contributed by atoms with Gasteiger partial charge >= 0.3 is 0 Å². The first-order chi connectivity index (χ1) is 14.0. The molecule has 0 radical (unpaired) electrons. The number of fused-ring (bicyclic) bond motifs is 1. The van der Waals surface area contributed by atoms with Gasteiger partial charge in [0.15, 0.2) is 11.5 Å². The summed E-state index contributed by atoms with van der Waals surface area (Å²) in [5, 5.41) is 7.08. The fourth-order valence-corrected chi connectivity index (χ4v) is 3.29. The zero-order chi connectivity index (χ0) is 20.5. The topological polar surface area (TPSA) is 128 Å². The lowest BCUT2D eigenvalue weighted by atomic mass is 10.1. The number of nitrogens with two attached hydrogens (primary N) is 1. The molecule has 1 aromatic carbocycles. The van der Waals surface area contributed by atoms with Crippen LogP contribution in [0.1, 0.15) is 21.7 Å². The van der Waals surface area contributed by atoms with Crippen molar-refractivity contribution in [2.75, 3.05) is 27.1 Å². The van der Waals surface area contributed by atoms with Crippen molar-refractivity contribution in [3.8, 4) is 28.5 Å². The Labute approximate surface area is 166 Å². The molecule has 3 N–H and O–H groups in total. The molecule has 1 amide bonds. The molecule has 2 aromatic heterocycles. The van der Waals surface area contributed by atoms with Crippen molar-refractivity contribution in [1.82, 2.24) is 25.1 Å². The molecule has 0 aliphatic carbocycles. The van der Waals surface area contributed by atoms with Crippen molar-refractivity contribution in [2.45, 2.75) is 13.1 Å². The van der Waals surface area contributed by atoms with E-state index in [2.05, 4.69) is 20.2 Å². The number of H-pyrrole nitrogens is 1. The fraction of sp³-hybridized carbons (Fsp3) is 0.263. The molecule has 0 atom stereocenters. The Bertz CT molecular complexity index is 1060. The highest BCUT2D eigenvalue weighted by atomic mass is 16.5. The number of aromatic amines is 1. The Balaban J connectivity index is 1.60. The van der Waals surface area contributed by atoms with Gasteiger partial charge in [-0.25, -0.2) is 9.97 Å². The van der Waals surface area contributed by atoms with Gasteiger partial charge in [0.2, 0.25) is 11.7 Å². The van der Waals surface area contributed by atoms with Crippen LogP contribution in [-0.4, -0.2) is 52.3 Å². The quantitative estimate of drug-likeness (QED) is 0.666. The van der Waals surface area contributed by atoms with Gasteiger partial charge in [-0.3, -0.25) is 9.89 Å². The van der Waals surface area contributed by atoms with E-state index in [1.54, 1.807) is 43.5 Å². The van der Waals surface area contributed by atoms with Crippen molar-refractivity contribution >= 4 is 11.9 Å². The first-order valence-corrected chi connectivity index (χ1v) is 8.79. The van der Waals surface area contributed by atoms with Gasteiger partial charge in [-0.1, -0.05) is 0 Å². The molecule has 3 heterocycles. The van der Waals surface area contributed by atoms with Crippen molar-refractivity contribution in [3.63, 3.8) is 0 Å². The summed E-state index contributed by atoms with van der Waals surface area (Å²) in [4.78, 5) is 22.7. The van der Waals surface area contributed by atoms with Crippen LogP contribution in [0.25, 0.3) is 11.3 Å². The number of ether oxygens (including phenoxy) is 3. The molecule has 1 aliphatic heterocycles. The van der Waals surface area contributed by atoms with Gasteiger partial charge in [-0.05, 0) is 18.2 Å². The number of anilines is 1. The van der Waals surface area contributed by atoms with Crippen LogP contribution in [0.15, 0.2) is 24.4 Å². The Morgan fingerprint density at radius 2 is 1.83 bits per heavy atom. The number of hydrogen-bond acceptors (Lipinski definition) is 8. The van der Waals surface area contributed by atoms with Crippen LogP contribution in [0.4, 0.5) is 5.95 Å². The van der Waals surface area contributed by atoms with Crippen molar-refractivity contribution < 1.29 is 19.0 Å². The second-order valence-corrected chi connectivity index (χ2v) is 6.44. The molecule has 4 rings (SSSR count). The summed E-state index contributed by atoms with van der Waals surface area (Å²) in [5.41, 5.74) is 8.93. The molecule has 10 heteroatoms. The average Bonchev–Trinajstić information content (AvgIpc) is 3.39. The third kappa shape index (κ3) is 3.28. The summed E-state index contributed by atoms with van der Waals surface area (Å²) in [7, 11) is 4.62. The van der Waals surface area contributed by atoms with Crippen molar-refractivity contribution in [1.29, 1.82) is 0 Å². The predicted molar refractivity (Wildman–Crippen MR) is 104 cm³/mol. The van der Waals surface area contributed by atoms with Gasteiger partial charge in [0.05, 0.1) is 39.3 Å². The Morgan fingerprint density at radius 1 is 1.10 bits per heavy atom. The summed E-state index contributed by atoms with van der Waals surface area (Å²) in [6.07, 6.45) is 1.65. The maximum Gasteiger partial charge on any atom is 0.272 e. The highest BCUT2D eigenvalue weighted by Crippen LogP contribution is 2.40. The molecule has 150 valence electrons. The number of amides is 1. The molecule has 0 saturated heterocycles. The SMILES string of the molecule is COc1cc(-c2cc(C(=O)N3Cc4cnc(N)nc4C3)[nH]n2)cc(OC)c1OC. The summed E-state index contributed by atoms with van der Waals surface area (Å²) in [6, 6.07) is 5.23. The zero-order valence-electron chi connectivity index (χ0n) is 16.2. The lowest BCUT2D eigenvalue weighted by Crippen LogP contribution is -2.25. The third-order valence-electron chi connectivity index (χ3n) is 4.73. The minimum atomic E-state index is -0.187. The van der Waals surface area contributed by atoms with E-state index in [9.17, 15) is 4.79 Å². The van der Waals surface area contributed by atoms with Gasteiger partial charge in [0.25, 0.3) is 5.91 Å². The van der Waals surface area contributed by atoms with Gasteiger partial charge < -0.3 is 24.8 Å². The fourth-order valence-electron chi connectivity index (χ4n) is 3.29. The number of nitrogen functional groups attached to an aromatic ring is 1. The molecule has 29 heavy (non-hydrogen) atoms. The molecule has 0 spiro atoms. The third-order valence-corrected chi connectivity index (χ3v) is 4.73. The van der Waals surface area contributed by atoms with Gasteiger partial charge in [-0.15, -0.1) is 0 Å². The van der Waals surface area contributed by atoms with Crippen LogP contribution in [-0.2, 0) is 13.1 Å². The van der Waals surface area contributed by atoms with E-state index in [0.717, 1.165) is 16.8 Å². The molecular weight excluding hydrogens is 376 g/mol.